The van der Waals surface area contributed by atoms with Gasteiger partial charge < -0.3 is 10.3 Å². The molecule has 0 saturated carbocycles. The van der Waals surface area contributed by atoms with Gasteiger partial charge in [0.15, 0.2) is 11.4 Å². The smallest absolute Gasteiger partial charge is 0.176 e. The Balaban J connectivity index is 2.56. The first-order valence-electron chi connectivity index (χ1n) is 6.27. The molecule has 1 aromatic heterocycles. The van der Waals surface area contributed by atoms with Crippen LogP contribution in [0.4, 0.5) is 0 Å². The average Bonchev–Trinajstić information content (AvgIpc) is 2.83. The van der Waals surface area contributed by atoms with E-state index >= 15 is 0 Å². The summed E-state index contributed by atoms with van der Waals surface area (Å²) in [6, 6.07) is 11.5. The number of imidazole rings is 1. The summed E-state index contributed by atoms with van der Waals surface area (Å²) in [5.74, 6) is 0. The van der Waals surface area contributed by atoms with Gasteiger partial charge >= 0.3 is 0 Å². The summed E-state index contributed by atoms with van der Waals surface area (Å²) in [4.78, 5) is 3.98. The lowest BCUT2D eigenvalue weighted by Crippen LogP contribution is -2.30. The number of benzene rings is 1. The average molecular weight is 265 g/mol. The van der Waals surface area contributed by atoms with Crippen molar-refractivity contribution in [2.24, 2.45) is 5.73 Å². The maximum atomic E-state index is 9.24. The van der Waals surface area contributed by atoms with E-state index in [1.54, 1.807) is 4.57 Å². The summed E-state index contributed by atoms with van der Waals surface area (Å²) in [5.41, 5.74) is 8.59. The van der Waals surface area contributed by atoms with Crippen molar-refractivity contribution < 1.29 is 0 Å². The molecule has 0 aliphatic heterocycles. The number of nitrogens with zero attached hydrogens (tertiary/aromatic N) is 4. The fraction of sp³-hybridized carbons (Fsp3) is 0.267. The summed E-state index contributed by atoms with van der Waals surface area (Å²) in [7, 11) is 0. The van der Waals surface area contributed by atoms with Crippen LogP contribution in [0, 0.1) is 29.6 Å². The molecule has 0 radical (unpaired) electrons. The van der Waals surface area contributed by atoms with Crippen molar-refractivity contribution in [1.29, 1.82) is 10.5 Å². The molecule has 2 aromatic rings. The lowest BCUT2D eigenvalue weighted by molar-refractivity contribution is 0.492. The van der Waals surface area contributed by atoms with Gasteiger partial charge in [-0.3, -0.25) is 0 Å². The van der Waals surface area contributed by atoms with Crippen LogP contribution < -0.4 is 5.73 Å². The lowest BCUT2D eigenvalue weighted by Gasteiger charge is -2.23. The SMILES string of the molecule is Cc1ccc(C(C(C)N)n2cnc(C#N)c2C#N)cc1. The zero-order valence-corrected chi connectivity index (χ0v) is 11.4. The number of aromatic nitrogens is 2. The van der Waals surface area contributed by atoms with Gasteiger partial charge in [-0.1, -0.05) is 29.8 Å². The third kappa shape index (κ3) is 2.40. The molecule has 0 spiro atoms. The highest BCUT2D eigenvalue weighted by atomic mass is 15.1. The fourth-order valence-corrected chi connectivity index (χ4v) is 2.25. The molecule has 0 amide bonds. The van der Waals surface area contributed by atoms with E-state index in [4.69, 9.17) is 11.0 Å². The van der Waals surface area contributed by atoms with Crippen molar-refractivity contribution in [3.63, 3.8) is 0 Å². The second kappa shape index (κ2) is 5.56. The molecule has 20 heavy (non-hydrogen) atoms. The van der Waals surface area contributed by atoms with Crippen LogP contribution in [0.1, 0.15) is 35.5 Å². The van der Waals surface area contributed by atoms with Crippen LogP contribution in [0.15, 0.2) is 30.6 Å². The Hall–Kier alpha value is -2.63. The van der Waals surface area contributed by atoms with Crippen molar-refractivity contribution in [3.8, 4) is 12.1 Å². The van der Waals surface area contributed by atoms with Crippen molar-refractivity contribution in [3.05, 3.63) is 53.1 Å². The molecule has 2 unspecified atom stereocenters. The first-order chi connectivity index (χ1) is 9.58. The third-order valence-corrected chi connectivity index (χ3v) is 3.22. The molecule has 1 aromatic carbocycles. The van der Waals surface area contributed by atoms with E-state index in [0.717, 1.165) is 11.1 Å². The van der Waals surface area contributed by atoms with Crippen LogP contribution in [0.2, 0.25) is 0 Å². The Morgan fingerprint density at radius 3 is 2.35 bits per heavy atom. The molecule has 0 aliphatic rings. The topological polar surface area (TPSA) is 91.4 Å². The normalized spacial score (nSPS) is 13.2. The van der Waals surface area contributed by atoms with E-state index in [1.165, 1.54) is 6.33 Å². The second-order valence-electron chi connectivity index (χ2n) is 4.79. The van der Waals surface area contributed by atoms with Crippen LogP contribution in [-0.4, -0.2) is 15.6 Å². The molecule has 0 saturated heterocycles. The largest absolute Gasteiger partial charge is 0.326 e. The molecule has 0 aliphatic carbocycles. The van der Waals surface area contributed by atoms with E-state index < -0.39 is 0 Å². The summed E-state index contributed by atoms with van der Waals surface area (Å²) in [6.45, 7) is 3.88. The maximum absolute atomic E-state index is 9.24. The monoisotopic (exact) mass is 265 g/mol. The number of hydrogen-bond acceptors (Lipinski definition) is 4. The number of nitriles is 2. The van der Waals surface area contributed by atoms with E-state index in [-0.39, 0.29) is 23.5 Å². The molecule has 2 N–H and O–H groups in total. The standard InChI is InChI=1S/C15H15N5/c1-10-3-5-12(6-4-10)15(11(2)18)20-9-19-13(7-16)14(20)8-17/h3-6,9,11,15H,18H2,1-2H3. The van der Waals surface area contributed by atoms with Crippen molar-refractivity contribution in [1.82, 2.24) is 9.55 Å². The van der Waals surface area contributed by atoms with Gasteiger partial charge in [0.05, 0.1) is 12.4 Å². The zero-order valence-electron chi connectivity index (χ0n) is 11.4. The van der Waals surface area contributed by atoms with Gasteiger partial charge in [-0.05, 0) is 19.4 Å². The van der Waals surface area contributed by atoms with E-state index in [9.17, 15) is 5.26 Å². The third-order valence-electron chi connectivity index (χ3n) is 3.22. The molecule has 2 atom stereocenters. The summed E-state index contributed by atoms with van der Waals surface area (Å²) < 4.78 is 1.67. The highest BCUT2D eigenvalue weighted by Gasteiger charge is 2.23. The van der Waals surface area contributed by atoms with Crippen LogP contribution in [-0.2, 0) is 0 Å². The Bertz CT molecular complexity index is 683. The van der Waals surface area contributed by atoms with Gasteiger partial charge in [0.25, 0.3) is 0 Å². The summed E-state index contributed by atoms with van der Waals surface area (Å²) >= 11 is 0. The maximum Gasteiger partial charge on any atom is 0.176 e. The molecule has 5 nitrogen and oxygen atoms in total. The molecule has 100 valence electrons. The van der Waals surface area contributed by atoms with Crippen molar-refractivity contribution in [2.75, 3.05) is 0 Å². The predicted octanol–water partition coefficient (Wildman–Crippen LogP) is 1.87. The Morgan fingerprint density at radius 2 is 1.85 bits per heavy atom. The Labute approximate surface area is 117 Å². The second-order valence-corrected chi connectivity index (χ2v) is 4.79. The zero-order chi connectivity index (χ0) is 14.7. The van der Waals surface area contributed by atoms with Gasteiger partial charge in [0, 0.05) is 6.04 Å². The minimum atomic E-state index is -0.222. The van der Waals surface area contributed by atoms with Crippen molar-refractivity contribution >= 4 is 0 Å². The van der Waals surface area contributed by atoms with Crippen LogP contribution in [0.5, 0.6) is 0 Å². The van der Waals surface area contributed by atoms with Crippen LogP contribution >= 0.6 is 0 Å². The van der Waals surface area contributed by atoms with Crippen molar-refractivity contribution in [2.45, 2.75) is 25.9 Å². The Kier molecular flexibility index (Phi) is 3.84. The number of rotatable bonds is 3. The van der Waals surface area contributed by atoms with Gasteiger partial charge in [0.2, 0.25) is 0 Å². The highest BCUT2D eigenvalue weighted by molar-refractivity contribution is 5.38. The summed E-state index contributed by atoms with van der Waals surface area (Å²) in [5, 5.41) is 18.2. The van der Waals surface area contributed by atoms with Gasteiger partial charge in [-0.25, -0.2) is 4.98 Å². The quantitative estimate of drug-likeness (QED) is 0.917. The highest BCUT2D eigenvalue weighted by Crippen LogP contribution is 2.24. The van der Waals surface area contributed by atoms with Gasteiger partial charge in [-0.2, -0.15) is 10.5 Å². The van der Waals surface area contributed by atoms with Gasteiger partial charge in [0.1, 0.15) is 12.1 Å². The first-order valence-corrected chi connectivity index (χ1v) is 6.27. The minimum Gasteiger partial charge on any atom is -0.326 e. The fourth-order valence-electron chi connectivity index (χ4n) is 2.25. The molecule has 2 rings (SSSR count). The number of hydrogen-bond donors (Lipinski definition) is 1. The first kappa shape index (κ1) is 13.8. The van der Waals surface area contributed by atoms with Crippen LogP contribution in [0.3, 0.4) is 0 Å². The number of nitrogens with two attached hydrogens (primary N) is 1. The summed E-state index contributed by atoms with van der Waals surface area (Å²) in [6.07, 6.45) is 1.50. The molecular formula is C15H15N5. The Morgan fingerprint density at radius 1 is 1.20 bits per heavy atom. The van der Waals surface area contributed by atoms with Gasteiger partial charge in [-0.15, -0.1) is 0 Å². The minimum absolute atomic E-state index is 0.130. The van der Waals surface area contributed by atoms with Crippen LogP contribution in [0.25, 0.3) is 0 Å². The molecule has 0 bridgehead atoms. The predicted molar refractivity (Wildman–Crippen MR) is 74.6 cm³/mol. The molecule has 0 fully saturated rings. The van der Waals surface area contributed by atoms with E-state index in [1.807, 2.05) is 50.3 Å². The molecule has 1 heterocycles. The number of aryl methyl sites for hydroxylation is 1. The molecular weight excluding hydrogens is 250 g/mol. The van der Waals surface area contributed by atoms with E-state index in [0.29, 0.717) is 0 Å². The van der Waals surface area contributed by atoms with E-state index in [2.05, 4.69) is 4.98 Å². The molecule has 5 heteroatoms. The lowest BCUT2D eigenvalue weighted by atomic mass is 9.99.